The number of pyridine rings is 1. The first kappa shape index (κ1) is 14.3. The monoisotopic (exact) mass is 313 g/mol. The summed E-state index contributed by atoms with van der Waals surface area (Å²) in [5, 5.41) is 7.89. The Hall–Kier alpha value is -3.27. The van der Waals surface area contributed by atoms with Gasteiger partial charge in [-0.25, -0.2) is 0 Å². The van der Waals surface area contributed by atoms with Crippen LogP contribution < -0.4 is 4.68 Å². The summed E-state index contributed by atoms with van der Waals surface area (Å²) in [7, 11) is 0. The second-order valence-corrected chi connectivity index (χ2v) is 5.66. The van der Waals surface area contributed by atoms with Gasteiger partial charge in [-0.15, -0.1) is 10.2 Å². The highest BCUT2D eigenvalue weighted by Crippen LogP contribution is 2.24. The molecular weight excluding hydrogens is 296 g/mol. The summed E-state index contributed by atoms with van der Waals surface area (Å²) in [5.74, 6) is 0. The Kier molecular flexibility index (Phi) is 3.63. The van der Waals surface area contributed by atoms with Crippen LogP contribution in [0.5, 0.6) is 0 Å². The van der Waals surface area contributed by atoms with Crippen LogP contribution >= 0.6 is 0 Å². The Morgan fingerprint density at radius 1 is 0.708 bits per heavy atom. The maximum Gasteiger partial charge on any atom is 0.244 e. The molecule has 4 heteroatoms. The molecule has 0 spiro atoms. The molecule has 24 heavy (non-hydrogen) atoms. The van der Waals surface area contributed by atoms with Crippen molar-refractivity contribution in [3.63, 3.8) is 0 Å². The molecule has 0 fully saturated rings. The van der Waals surface area contributed by atoms with Gasteiger partial charge in [0.15, 0.2) is 12.7 Å². The van der Waals surface area contributed by atoms with Crippen LogP contribution in [0.4, 0.5) is 0 Å². The van der Waals surface area contributed by atoms with Crippen LogP contribution in [-0.2, 0) is 0 Å². The van der Waals surface area contributed by atoms with Crippen molar-refractivity contribution in [3.8, 4) is 22.4 Å². The van der Waals surface area contributed by atoms with Crippen LogP contribution in [0.2, 0.25) is 0 Å². The molecule has 0 bridgehead atoms. The molecule has 0 saturated carbocycles. The lowest BCUT2D eigenvalue weighted by Gasteiger charge is -2.09. The molecule has 0 N–H and O–H groups in total. The molecular formula is C20H17N4+. The van der Waals surface area contributed by atoms with E-state index in [1.54, 1.807) is 12.7 Å². The highest BCUT2D eigenvalue weighted by Gasteiger charge is 2.21. The molecule has 4 rings (SSSR count). The Bertz CT molecular complexity index is 946. The van der Waals surface area contributed by atoms with Crippen molar-refractivity contribution in [2.45, 2.75) is 6.92 Å². The number of nitrogens with zero attached hydrogens (tertiary/aromatic N) is 4. The van der Waals surface area contributed by atoms with Crippen molar-refractivity contribution in [2.24, 2.45) is 0 Å². The van der Waals surface area contributed by atoms with Crippen LogP contribution in [0, 0.1) is 6.92 Å². The van der Waals surface area contributed by atoms with Gasteiger partial charge in [0.1, 0.15) is 0 Å². The highest BCUT2D eigenvalue weighted by atomic mass is 15.5. The van der Waals surface area contributed by atoms with E-state index in [2.05, 4.69) is 82.5 Å². The second kappa shape index (κ2) is 6.08. The molecule has 0 unspecified atom stereocenters. The average molecular weight is 313 g/mol. The topological polar surface area (TPSA) is 34.6 Å². The molecule has 0 aliphatic carbocycles. The van der Waals surface area contributed by atoms with Gasteiger partial charge in [0.2, 0.25) is 11.4 Å². The van der Waals surface area contributed by atoms with Crippen LogP contribution in [0.25, 0.3) is 22.4 Å². The highest BCUT2D eigenvalue weighted by molar-refractivity contribution is 5.69. The molecule has 4 aromatic rings. The number of hydrogen-bond donors (Lipinski definition) is 0. The zero-order valence-corrected chi connectivity index (χ0v) is 13.4. The lowest BCUT2D eigenvalue weighted by Crippen LogP contribution is -2.45. The third-order valence-electron chi connectivity index (χ3n) is 4.03. The largest absolute Gasteiger partial charge is 0.244 e. The van der Waals surface area contributed by atoms with Crippen molar-refractivity contribution >= 4 is 0 Å². The maximum absolute atomic E-state index is 3.95. The Labute approximate surface area is 140 Å². The third-order valence-corrected chi connectivity index (χ3v) is 4.03. The fourth-order valence-electron chi connectivity index (χ4n) is 2.94. The van der Waals surface area contributed by atoms with Crippen LogP contribution in [0.1, 0.15) is 5.69 Å². The first-order valence-electron chi connectivity index (χ1n) is 7.86. The number of aryl methyl sites for hydroxylation is 1. The zero-order chi connectivity index (χ0) is 16.4. The molecule has 0 radical (unpaired) electrons. The summed E-state index contributed by atoms with van der Waals surface area (Å²) < 4.78 is 4.01. The predicted octanol–water partition coefficient (Wildman–Crippen LogP) is 3.52. The lowest BCUT2D eigenvalue weighted by atomic mass is 10.0. The summed E-state index contributed by atoms with van der Waals surface area (Å²) >= 11 is 0. The van der Waals surface area contributed by atoms with Crippen LogP contribution in [0.3, 0.4) is 0 Å². The SMILES string of the molecule is Cc1cc(-c2ccccc2)cc(-c2ccccc2)[n+]1-n1cnnc1. The quantitative estimate of drug-likeness (QED) is 0.542. The summed E-state index contributed by atoms with van der Waals surface area (Å²) in [6.45, 7) is 2.10. The number of rotatable bonds is 3. The van der Waals surface area contributed by atoms with E-state index in [0.717, 1.165) is 17.0 Å². The van der Waals surface area contributed by atoms with Crippen LogP contribution in [0.15, 0.2) is 85.5 Å². The average Bonchev–Trinajstić information content (AvgIpc) is 3.16. The van der Waals surface area contributed by atoms with E-state index in [-0.39, 0.29) is 0 Å². The van der Waals surface area contributed by atoms with Crippen molar-refractivity contribution in [3.05, 3.63) is 91.1 Å². The molecule has 0 aliphatic rings. The minimum absolute atomic E-state index is 1.09. The van der Waals surface area contributed by atoms with Gasteiger partial charge in [-0.3, -0.25) is 0 Å². The van der Waals surface area contributed by atoms with Gasteiger partial charge in [0.25, 0.3) is 0 Å². The fraction of sp³-hybridized carbons (Fsp3) is 0.0500. The van der Waals surface area contributed by atoms with Gasteiger partial charge in [-0.2, -0.15) is 0 Å². The van der Waals surface area contributed by atoms with E-state index in [1.807, 2.05) is 16.8 Å². The standard InChI is InChI=1S/C20H17N4/c1-16-12-19(17-8-4-2-5-9-17)13-20(18-10-6-3-7-11-18)24(16)23-14-21-22-15-23/h2-15H,1H3/q+1. The number of hydrogen-bond acceptors (Lipinski definition) is 2. The summed E-state index contributed by atoms with van der Waals surface area (Å²) in [6.07, 6.45) is 3.42. The smallest absolute Gasteiger partial charge is 0.133 e. The molecule has 116 valence electrons. The molecule has 0 saturated heterocycles. The molecule has 2 aromatic carbocycles. The number of benzene rings is 2. The normalized spacial score (nSPS) is 10.7. The van der Waals surface area contributed by atoms with Gasteiger partial charge >= 0.3 is 0 Å². The molecule has 2 aromatic heterocycles. The summed E-state index contributed by atoms with van der Waals surface area (Å²) in [4.78, 5) is 0. The summed E-state index contributed by atoms with van der Waals surface area (Å²) in [6, 6.07) is 25.2. The van der Waals surface area contributed by atoms with Gasteiger partial charge in [0.05, 0.1) is 0 Å². The van der Waals surface area contributed by atoms with Gasteiger partial charge in [0, 0.05) is 24.6 Å². The van der Waals surface area contributed by atoms with E-state index in [4.69, 9.17) is 0 Å². The third kappa shape index (κ3) is 2.58. The molecule has 0 aliphatic heterocycles. The van der Waals surface area contributed by atoms with Crippen molar-refractivity contribution in [2.75, 3.05) is 0 Å². The predicted molar refractivity (Wildman–Crippen MR) is 93.1 cm³/mol. The van der Waals surface area contributed by atoms with Gasteiger partial charge < -0.3 is 0 Å². The Morgan fingerprint density at radius 2 is 1.29 bits per heavy atom. The number of aromatic nitrogens is 4. The Balaban J connectivity index is 1.98. The first-order chi connectivity index (χ1) is 11.8. The molecule has 4 nitrogen and oxygen atoms in total. The van der Waals surface area contributed by atoms with Crippen molar-refractivity contribution < 1.29 is 4.68 Å². The van der Waals surface area contributed by atoms with E-state index >= 15 is 0 Å². The Morgan fingerprint density at radius 3 is 1.92 bits per heavy atom. The lowest BCUT2D eigenvalue weighted by molar-refractivity contribution is -0.723. The minimum atomic E-state index is 1.09. The van der Waals surface area contributed by atoms with Gasteiger partial charge in [-0.05, 0) is 23.3 Å². The molecule has 0 amide bonds. The first-order valence-corrected chi connectivity index (χ1v) is 7.86. The van der Waals surface area contributed by atoms with Crippen LogP contribution in [-0.4, -0.2) is 14.9 Å². The van der Waals surface area contributed by atoms with Crippen molar-refractivity contribution in [1.82, 2.24) is 14.9 Å². The minimum Gasteiger partial charge on any atom is -0.133 e. The van der Waals surface area contributed by atoms with E-state index < -0.39 is 0 Å². The van der Waals surface area contributed by atoms with E-state index in [0.29, 0.717) is 0 Å². The zero-order valence-electron chi connectivity index (χ0n) is 13.4. The van der Waals surface area contributed by atoms with Crippen molar-refractivity contribution in [1.29, 1.82) is 0 Å². The van der Waals surface area contributed by atoms with E-state index in [1.165, 1.54) is 11.1 Å². The molecule has 0 atom stereocenters. The fourth-order valence-corrected chi connectivity index (χ4v) is 2.94. The molecule has 2 heterocycles. The maximum atomic E-state index is 3.95. The second-order valence-electron chi connectivity index (χ2n) is 5.66. The van der Waals surface area contributed by atoms with E-state index in [9.17, 15) is 0 Å². The summed E-state index contributed by atoms with van der Waals surface area (Å²) in [5.41, 5.74) is 5.74. The van der Waals surface area contributed by atoms with Gasteiger partial charge in [-0.1, -0.05) is 57.9 Å².